The highest BCUT2D eigenvalue weighted by Gasteiger charge is 2.33. The number of ketones is 1. The van der Waals surface area contributed by atoms with Gasteiger partial charge in [0.05, 0.1) is 11.6 Å². The summed E-state index contributed by atoms with van der Waals surface area (Å²) in [4.78, 5) is 21.8. The average molecular weight is 583 g/mol. The van der Waals surface area contributed by atoms with Gasteiger partial charge in [0, 0.05) is 48.2 Å². The quantitative estimate of drug-likeness (QED) is 0.223. The molecular formula is C39H42N4O. The highest BCUT2D eigenvalue weighted by Crippen LogP contribution is 2.36. The smallest absolute Gasteiger partial charge is 0.166 e. The number of hydrogen-bond donors (Lipinski definition) is 1. The van der Waals surface area contributed by atoms with Gasteiger partial charge in [0.2, 0.25) is 0 Å². The lowest BCUT2D eigenvalue weighted by Crippen LogP contribution is -2.34. The van der Waals surface area contributed by atoms with Crippen molar-refractivity contribution in [1.82, 2.24) is 14.8 Å². The Balaban J connectivity index is 0.892. The third-order valence-electron chi connectivity index (χ3n) is 10.3. The summed E-state index contributed by atoms with van der Waals surface area (Å²) >= 11 is 0. The van der Waals surface area contributed by atoms with Gasteiger partial charge in [-0.1, -0.05) is 54.6 Å². The van der Waals surface area contributed by atoms with Gasteiger partial charge in [0.1, 0.15) is 0 Å². The Labute approximate surface area is 261 Å². The molecule has 7 rings (SSSR count). The minimum absolute atomic E-state index is 0.158. The summed E-state index contributed by atoms with van der Waals surface area (Å²) in [6.07, 6.45) is 12.0. The zero-order valence-corrected chi connectivity index (χ0v) is 25.6. The molecule has 0 radical (unpaired) electrons. The third kappa shape index (κ3) is 6.29. The van der Waals surface area contributed by atoms with Gasteiger partial charge in [-0.3, -0.25) is 14.6 Å². The molecule has 0 amide bonds. The lowest BCUT2D eigenvalue weighted by Gasteiger charge is -2.33. The van der Waals surface area contributed by atoms with Crippen LogP contribution >= 0.6 is 0 Å². The summed E-state index contributed by atoms with van der Waals surface area (Å²) in [5.74, 6) is 1.19. The number of Topliss-reactive ketones (excluding diaryl/α,β-unsaturated/α-hetero) is 1. The summed E-state index contributed by atoms with van der Waals surface area (Å²) < 4.78 is 0. The third-order valence-corrected chi connectivity index (χ3v) is 10.3. The monoisotopic (exact) mass is 582 g/mol. The number of aryl methyl sites for hydroxylation is 1. The molecule has 1 atom stereocenters. The Morgan fingerprint density at radius 3 is 2.61 bits per heavy atom. The van der Waals surface area contributed by atoms with Crippen molar-refractivity contribution in [3.05, 3.63) is 112 Å². The summed E-state index contributed by atoms with van der Waals surface area (Å²) in [6.45, 7) is 6.42. The Kier molecular flexibility index (Phi) is 8.46. The number of aromatic nitrogens is 1. The molecule has 0 saturated carbocycles. The molecule has 5 heteroatoms. The molecule has 0 bridgehead atoms. The lowest BCUT2D eigenvalue weighted by atomic mass is 9.85. The van der Waals surface area contributed by atoms with Gasteiger partial charge in [-0.15, -0.1) is 0 Å². The number of nitrogens with zero attached hydrogens (tertiary/aromatic N) is 3. The van der Waals surface area contributed by atoms with Crippen LogP contribution in [-0.2, 0) is 19.4 Å². The summed E-state index contributed by atoms with van der Waals surface area (Å²) in [5, 5.41) is 10.4. The summed E-state index contributed by atoms with van der Waals surface area (Å²) in [5.41, 5.74) is 9.47. The highest BCUT2D eigenvalue weighted by molar-refractivity contribution is 6.02. The molecule has 1 unspecified atom stereocenters. The van der Waals surface area contributed by atoms with Crippen molar-refractivity contribution in [1.29, 1.82) is 5.26 Å². The maximum atomic E-state index is 13.3. The zero-order chi connectivity index (χ0) is 29.9. The van der Waals surface area contributed by atoms with Crippen LogP contribution in [0.25, 0.3) is 16.5 Å². The van der Waals surface area contributed by atoms with Gasteiger partial charge in [-0.2, -0.15) is 5.26 Å². The Hall–Kier alpha value is -3.98. The van der Waals surface area contributed by atoms with Crippen molar-refractivity contribution < 1.29 is 4.79 Å². The first-order valence-electron chi connectivity index (χ1n) is 16.5. The molecule has 1 saturated heterocycles. The van der Waals surface area contributed by atoms with E-state index in [0.29, 0.717) is 17.3 Å². The van der Waals surface area contributed by atoms with Crippen LogP contribution < -0.4 is 0 Å². The fourth-order valence-corrected chi connectivity index (χ4v) is 7.72. The minimum Gasteiger partial charge on any atom is -0.361 e. The van der Waals surface area contributed by atoms with E-state index in [1.165, 1.54) is 46.1 Å². The zero-order valence-electron chi connectivity index (χ0n) is 25.6. The topological polar surface area (TPSA) is 63.1 Å². The number of fused-ring (bicyclic) bond motifs is 2. The van der Waals surface area contributed by atoms with E-state index in [4.69, 9.17) is 0 Å². The van der Waals surface area contributed by atoms with Gasteiger partial charge in [-0.05, 0) is 117 Å². The first kappa shape index (κ1) is 28.8. The number of carbonyl (C=O) groups is 1. The van der Waals surface area contributed by atoms with E-state index in [1.54, 1.807) is 0 Å². The number of aromatic amines is 1. The molecule has 44 heavy (non-hydrogen) atoms. The molecule has 1 aliphatic carbocycles. The number of carbonyl (C=O) groups excluding carboxylic acids is 1. The van der Waals surface area contributed by atoms with Crippen molar-refractivity contribution in [3.8, 4) is 6.07 Å². The van der Waals surface area contributed by atoms with E-state index >= 15 is 0 Å². The molecule has 3 aliphatic rings. The maximum Gasteiger partial charge on any atom is 0.166 e. The van der Waals surface area contributed by atoms with Crippen LogP contribution in [0.15, 0.2) is 79.0 Å². The van der Waals surface area contributed by atoms with Crippen molar-refractivity contribution in [2.24, 2.45) is 11.8 Å². The summed E-state index contributed by atoms with van der Waals surface area (Å²) in [6, 6.07) is 25.5. The SMILES string of the molecule is N#Cc1ccc2[nH]cc(CCCN3CC=C(c4ccc5c(c4)CC(CC4CCN(Cc6ccccc6)CC4)C5=O)CC3)c2c1. The second kappa shape index (κ2) is 12.9. The van der Waals surface area contributed by atoms with Crippen molar-refractivity contribution in [2.75, 3.05) is 32.7 Å². The second-order valence-corrected chi connectivity index (χ2v) is 13.1. The van der Waals surface area contributed by atoms with Gasteiger partial charge in [0.15, 0.2) is 5.78 Å². The minimum atomic E-state index is 0.158. The Morgan fingerprint density at radius 1 is 0.955 bits per heavy atom. The molecule has 0 spiro atoms. The normalized spacial score (nSPS) is 19.7. The Bertz CT molecular complexity index is 1700. The Morgan fingerprint density at radius 2 is 1.82 bits per heavy atom. The number of nitriles is 1. The number of benzene rings is 3. The van der Waals surface area contributed by atoms with E-state index in [-0.39, 0.29) is 5.92 Å². The van der Waals surface area contributed by atoms with Crippen LogP contribution in [0.3, 0.4) is 0 Å². The van der Waals surface area contributed by atoms with Gasteiger partial charge in [0.25, 0.3) is 0 Å². The highest BCUT2D eigenvalue weighted by atomic mass is 16.1. The van der Waals surface area contributed by atoms with Crippen LogP contribution in [0.1, 0.15) is 70.3 Å². The van der Waals surface area contributed by atoms with Crippen molar-refractivity contribution in [3.63, 3.8) is 0 Å². The molecular weight excluding hydrogens is 540 g/mol. The molecule has 1 fully saturated rings. The molecule has 1 N–H and O–H groups in total. The number of likely N-dealkylation sites (tertiary alicyclic amines) is 1. The second-order valence-electron chi connectivity index (χ2n) is 13.1. The van der Waals surface area contributed by atoms with Crippen LogP contribution in [-0.4, -0.2) is 53.3 Å². The number of piperidine rings is 1. The van der Waals surface area contributed by atoms with Crippen LogP contribution in [0.4, 0.5) is 0 Å². The summed E-state index contributed by atoms with van der Waals surface area (Å²) in [7, 11) is 0. The van der Waals surface area contributed by atoms with E-state index in [1.807, 2.05) is 18.2 Å². The van der Waals surface area contributed by atoms with E-state index in [9.17, 15) is 10.1 Å². The molecule has 5 nitrogen and oxygen atoms in total. The average Bonchev–Trinajstić information content (AvgIpc) is 3.61. The first-order chi connectivity index (χ1) is 21.6. The van der Waals surface area contributed by atoms with Gasteiger partial charge < -0.3 is 4.98 Å². The number of nitrogens with one attached hydrogen (secondary N) is 1. The number of H-pyrrole nitrogens is 1. The van der Waals surface area contributed by atoms with Crippen LogP contribution in [0.5, 0.6) is 0 Å². The van der Waals surface area contributed by atoms with E-state index in [2.05, 4.69) is 81.7 Å². The first-order valence-corrected chi connectivity index (χ1v) is 16.5. The number of hydrogen-bond acceptors (Lipinski definition) is 4. The fourth-order valence-electron chi connectivity index (χ4n) is 7.72. The molecule has 3 aromatic carbocycles. The molecule has 4 aromatic rings. The van der Waals surface area contributed by atoms with Crippen LogP contribution in [0, 0.1) is 23.2 Å². The van der Waals surface area contributed by atoms with Gasteiger partial charge >= 0.3 is 0 Å². The largest absolute Gasteiger partial charge is 0.361 e. The fraction of sp³-hybridized carbons (Fsp3) is 0.385. The van der Waals surface area contributed by atoms with E-state index in [0.717, 1.165) is 82.5 Å². The number of rotatable bonds is 9. The van der Waals surface area contributed by atoms with Crippen molar-refractivity contribution in [2.45, 2.75) is 51.5 Å². The van der Waals surface area contributed by atoms with E-state index < -0.39 is 0 Å². The molecule has 2 aliphatic heterocycles. The standard InChI is InChI=1S/C39H42N4O/c40-25-30-8-11-38-37(22-30)33(26-41-38)7-4-16-42-19-14-31(15-20-42)32-9-10-36-34(23-32)24-35(39(36)44)21-28-12-17-43(18-13-28)27-29-5-2-1-3-6-29/h1-3,5-6,8-11,14,22-23,26,28,35,41H,4,7,12-13,15-21,24,27H2. The predicted octanol–water partition coefficient (Wildman–Crippen LogP) is 7.42. The lowest BCUT2D eigenvalue weighted by molar-refractivity contribution is 0.0895. The predicted molar refractivity (Wildman–Crippen MR) is 177 cm³/mol. The molecule has 3 heterocycles. The van der Waals surface area contributed by atoms with Crippen LogP contribution in [0.2, 0.25) is 0 Å². The maximum absolute atomic E-state index is 13.3. The molecule has 1 aromatic heterocycles. The van der Waals surface area contributed by atoms with Gasteiger partial charge in [-0.25, -0.2) is 0 Å². The van der Waals surface area contributed by atoms with Crippen molar-refractivity contribution >= 4 is 22.3 Å². The molecule has 224 valence electrons.